The maximum atomic E-state index is 11.4. The van der Waals surface area contributed by atoms with Crippen molar-refractivity contribution in [3.63, 3.8) is 0 Å². The third-order valence-electron chi connectivity index (χ3n) is 3.26. The quantitative estimate of drug-likeness (QED) is 0.748. The average Bonchev–Trinajstić information content (AvgIpc) is 2.23. The van der Waals surface area contributed by atoms with E-state index in [-0.39, 0.29) is 16.9 Å². The predicted octanol–water partition coefficient (Wildman–Crippen LogP) is 2.31. The van der Waals surface area contributed by atoms with Crippen LogP contribution in [0.4, 0.5) is 0 Å². The lowest BCUT2D eigenvalue weighted by Crippen LogP contribution is -2.35. The number of rotatable bonds is 1. The van der Waals surface area contributed by atoms with Gasteiger partial charge in [-0.2, -0.15) is 0 Å². The summed E-state index contributed by atoms with van der Waals surface area (Å²) in [4.78, 5) is 4.44. The summed E-state index contributed by atoms with van der Waals surface area (Å²) in [5.74, 6) is 0.551. The summed E-state index contributed by atoms with van der Waals surface area (Å²) in [5, 5.41) is 0. The minimum atomic E-state index is -2.81. The van der Waals surface area contributed by atoms with Crippen molar-refractivity contribution in [2.24, 2.45) is 0 Å². The van der Waals surface area contributed by atoms with Gasteiger partial charge < -0.3 is 0 Å². The first-order valence-electron chi connectivity index (χ1n) is 5.25. The number of hydrogen-bond acceptors (Lipinski definition) is 3. The molecular weight excluding hydrogens is 290 g/mol. The zero-order chi connectivity index (χ0) is 11.8. The van der Waals surface area contributed by atoms with Gasteiger partial charge in [-0.3, -0.25) is 0 Å². The van der Waals surface area contributed by atoms with E-state index in [0.717, 1.165) is 10.3 Å². The van der Waals surface area contributed by atoms with Crippen molar-refractivity contribution < 1.29 is 8.42 Å². The molecule has 0 atom stereocenters. The molecule has 88 valence electrons. The summed E-state index contributed by atoms with van der Waals surface area (Å²) >= 11 is 3.35. The van der Waals surface area contributed by atoms with Gasteiger partial charge in [-0.15, -0.1) is 0 Å². The molecule has 0 aliphatic carbocycles. The highest BCUT2D eigenvalue weighted by molar-refractivity contribution is 9.10. The van der Waals surface area contributed by atoms with E-state index in [1.54, 1.807) is 0 Å². The zero-order valence-corrected chi connectivity index (χ0v) is 11.5. The molecule has 1 aromatic heterocycles. The van der Waals surface area contributed by atoms with Gasteiger partial charge in [-0.1, -0.05) is 13.0 Å². The number of nitrogens with zero attached hydrogens (tertiary/aromatic N) is 1. The van der Waals surface area contributed by atoms with Crippen LogP contribution in [0.25, 0.3) is 0 Å². The maximum absolute atomic E-state index is 11.4. The fraction of sp³-hybridized carbons (Fsp3) is 0.545. The lowest BCUT2D eigenvalue weighted by molar-refractivity contribution is 0.407. The normalized spacial score (nSPS) is 22.9. The van der Waals surface area contributed by atoms with Crippen molar-refractivity contribution in [3.8, 4) is 0 Å². The van der Waals surface area contributed by atoms with Crippen LogP contribution in [0, 0.1) is 0 Å². The van der Waals surface area contributed by atoms with E-state index in [9.17, 15) is 8.42 Å². The van der Waals surface area contributed by atoms with E-state index in [2.05, 4.69) is 27.8 Å². The van der Waals surface area contributed by atoms with Gasteiger partial charge in [-0.05, 0) is 40.9 Å². The Bertz CT molecular complexity index is 484. The monoisotopic (exact) mass is 303 g/mol. The van der Waals surface area contributed by atoms with Crippen LogP contribution in [0.1, 0.15) is 25.5 Å². The summed E-state index contributed by atoms with van der Waals surface area (Å²) in [7, 11) is -2.81. The molecular formula is C11H14BrNO2S. The molecule has 1 aliphatic heterocycles. The lowest BCUT2D eigenvalue weighted by atomic mass is 9.80. The van der Waals surface area contributed by atoms with E-state index in [1.807, 2.05) is 18.2 Å². The van der Waals surface area contributed by atoms with Crippen molar-refractivity contribution in [1.29, 1.82) is 0 Å². The number of sulfone groups is 1. The zero-order valence-electron chi connectivity index (χ0n) is 9.11. The molecule has 1 saturated heterocycles. The Hall–Kier alpha value is -0.420. The Morgan fingerprint density at radius 2 is 1.94 bits per heavy atom. The van der Waals surface area contributed by atoms with Crippen LogP contribution in [0.5, 0.6) is 0 Å². The Balaban J connectivity index is 2.28. The molecule has 0 radical (unpaired) electrons. The summed E-state index contributed by atoms with van der Waals surface area (Å²) in [6, 6.07) is 5.80. The SMILES string of the molecule is CC1(c2cccc(Br)n2)CCS(=O)(=O)CC1. The van der Waals surface area contributed by atoms with Crippen LogP contribution >= 0.6 is 15.9 Å². The largest absolute Gasteiger partial charge is 0.245 e. The Morgan fingerprint density at radius 1 is 1.31 bits per heavy atom. The number of aromatic nitrogens is 1. The molecule has 0 unspecified atom stereocenters. The first-order chi connectivity index (χ1) is 7.41. The van der Waals surface area contributed by atoms with Crippen molar-refractivity contribution in [2.75, 3.05) is 11.5 Å². The third-order valence-corrected chi connectivity index (χ3v) is 5.36. The maximum Gasteiger partial charge on any atom is 0.150 e. The molecule has 2 heterocycles. The van der Waals surface area contributed by atoms with E-state index < -0.39 is 9.84 Å². The Kier molecular flexibility index (Phi) is 3.09. The molecule has 3 nitrogen and oxygen atoms in total. The van der Waals surface area contributed by atoms with Gasteiger partial charge in [0, 0.05) is 11.1 Å². The lowest BCUT2D eigenvalue weighted by Gasteiger charge is -2.32. The van der Waals surface area contributed by atoms with Crippen molar-refractivity contribution in [3.05, 3.63) is 28.5 Å². The van der Waals surface area contributed by atoms with Crippen LogP contribution in [0.15, 0.2) is 22.8 Å². The molecule has 2 rings (SSSR count). The van der Waals surface area contributed by atoms with Gasteiger partial charge in [0.15, 0.2) is 0 Å². The molecule has 0 saturated carbocycles. The van der Waals surface area contributed by atoms with Crippen LogP contribution in [-0.2, 0) is 15.3 Å². The second-order valence-corrected chi connectivity index (χ2v) is 7.67. The molecule has 0 spiro atoms. The van der Waals surface area contributed by atoms with E-state index in [1.165, 1.54) is 0 Å². The van der Waals surface area contributed by atoms with Gasteiger partial charge in [0.2, 0.25) is 0 Å². The van der Waals surface area contributed by atoms with Gasteiger partial charge in [-0.25, -0.2) is 13.4 Å². The van der Waals surface area contributed by atoms with Crippen molar-refractivity contribution >= 4 is 25.8 Å². The van der Waals surface area contributed by atoms with Gasteiger partial charge >= 0.3 is 0 Å². The summed E-state index contributed by atoms with van der Waals surface area (Å²) < 4.78 is 23.6. The molecule has 0 N–H and O–H groups in total. The van der Waals surface area contributed by atoms with Crippen LogP contribution in [-0.4, -0.2) is 24.9 Å². The molecule has 0 bridgehead atoms. The van der Waals surface area contributed by atoms with Gasteiger partial charge in [0.05, 0.1) is 11.5 Å². The minimum absolute atomic E-state index is 0.102. The standard InChI is InChI=1S/C11H14BrNO2S/c1-11(5-7-16(14,15)8-6-11)9-3-2-4-10(12)13-9/h2-4H,5-8H2,1H3. The first-order valence-corrected chi connectivity index (χ1v) is 7.86. The topological polar surface area (TPSA) is 47.0 Å². The highest BCUT2D eigenvalue weighted by Crippen LogP contribution is 2.35. The fourth-order valence-corrected chi connectivity index (χ4v) is 4.06. The van der Waals surface area contributed by atoms with Gasteiger partial charge in [0.1, 0.15) is 14.4 Å². The first kappa shape index (κ1) is 12.0. The number of pyridine rings is 1. The second kappa shape index (κ2) is 4.11. The Labute approximate surface area is 104 Å². The third kappa shape index (κ3) is 2.46. The van der Waals surface area contributed by atoms with E-state index >= 15 is 0 Å². The smallest absolute Gasteiger partial charge is 0.150 e. The molecule has 1 aliphatic rings. The molecule has 1 aromatic rings. The number of hydrogen-bond donors (Lipinski definition) is 0. The summed E-state index contributed by atoms with van der Waals surface area (Å²) in [6.45, 7) is 2.09. The number of halogens is 1. The fourth-order valence-electron chi connectivity index (χ4n) is 1.99. The van der Waals surface area contributed by atoms with Gasteiger partial charge in [0.25, 0.3) is 0 Å². The highest BCUT2D eigenvalue weighted by Gasteiger charge is 2.35. The molecule has 0 amide bonds. The van der Waals surface area contributed by atoms with E-state index in [4.69, 9.17) is 0 Å². The summed E-state index contributed by atoms with van der Waals surface area (Å²) in [5.41, 5.74) is 0.881. The highest BCUT2D eigenvalue weighted by atomic mass is 79.9. The van der Waals surface area contributed by atoms with Crippen LogP contribution in [0.2, 0.25) is 0 Å². The molecule has 16 heavy (non-hydrogen) atoms. The average molecular weight is 304 g/mol. The van der Waals surface area contributed by atoms with Crippen LogP contribution in [0.3, 0.4) is 0 Å². The van der Waals surface area contributed by atoms with Crippen molar-refractivity contribution in [2.45, 2.75) is 25.2 Å². The predicted molar refractivity (Wildman–Crippen MR) is 67.2 cm³/mol. The Morgan fingerprint density at radius 3 is 2.50 bits per heavy atom. The second-order valence-electron chi connectivity index (χ2n) is 4.56. The van der Waals surface area contributed by atoms with Crippen molar-refractivity contribution in [1.82, 2.24) is 4.98 Å². The summed E-state index contributed by atoms with van der Waals surface area (Å²) in [6.07, 6.45) is 1.33. The molecule has 1 fully saturated rings. The van der Waals surface area contributed by atoms with Crippen LogP contribution < -0.4 is 0 Å². The minimum Gasteiger partial charge on any atom is -0.245 e. The van der Waals surface area contributed by atoms with E-state index in [0.29, 0.717) is 12.8 Å². The molecule has 0 aromatic carbocycles. The molecule has 5 heteroatoms.